The molecular weight excluding hydrogens is 278 g/mol. The minimum atomic E-state index is -1.01. The average Bonchev–Trinajstić information content (AvgIpc) is 2.84. The summed E-state index contributed by atoms with van der Waals surface area (Å²) in [6.45, 7) is 0. The summed E-state index contributed by atoms with van der Waals surface area (Å²) in [5.74, 6) is -0.423. The number of carbonyl (C=O) groups is 1. The van der Waals surface area contributed by atoms with Crippen LogP contribution in [-0.2, 0) is 6.42 Å². The van der Waals surface area contributed by atoms with Gasteiger partial charge < -0.3 is 5.11 Å². The minimum Gasteiger partial charge on any atom is -0.477 e. The van der Waals surface area contributed by atoms with Crippen molar-refractivity contribution in [3.8, 4) is 0 Å². The Balaban J connectivity index is 2.07. The van der Waals surface area contributed by atoms with E-state index in [9.17, 15) is 9.90 Å². The third-order valence-corrected chi connectivity index (χ3v) is 3.24. The monoisotopic (exact) mass is 287 g/mol. The SMILES string of the molecule is O=C(O)c1cccc2nnc(Cc3ccc(Cl)cc3)n12. The van der Waals surface area contributed by atoms with Crippen LogP contribution >= 0.6 is 11.6 Å². The number of pyridine rings is 1. The fraction of sp³-hybridized carbons (Fsp3) is 0.0714. The van der Waals surface area contributed by atoms with Gasteiger partial charge in [0.1, 0.15) is 11.5 Å². The zero-order valence-corrected chi connectivity index (χ0v) is 11.1. The van der Waals surface area contributed by atoms with E-state index in [-0.39, 0.29) is 5.69 Å². The highest BCUT2D eigenvalue weighted by Crippen LogP contribution is 2.15. The predicted octanol–water partition coefficient (Wildman–Crippen LogP) is 2.67. The maximum atomic E-state index is 11.3. The fourth-order valence-corrected chi connectivity index (χ4v) is 2.19. The molecule has 2 aromatic heterocycles. The molecule has 0 radical (unpaired) electrons. The van der Waals surface area contributed by atoms with Gasteiger partial charge in [0.2, 0.25) is 0 Å². The largest absolute Gasteiger partial charge is 0.477 e. The van der Waals surface area contributed by atoms with Crippen LogP contribution in [0.5, 0.6) is 0 Å². The topological polar surface area (TPSA) is 67.5 Å². The van der Waals surface area contributed by atoms with E-state index in [1.807, 2.05) is 12.1 Å². The highest BCUT2D eigenvalue weighted by atomic mass is 35.5. The van der Waals surface area contributed by atoms with Gasteiger partial charge in [0.15, 0.2) is 5.65 Å². The third kappa shape index (κ3) is 2.23. The lowest BCUT2D eigenvalue weighted by atomic mass is 10.1. The lowest BCUT2D eigenvalue weighted by molar-refractivity contribution is 0.0688. The van der Waals surface area contributed by atoms with Gasteiger partial charge in [-0.25, -0.2) is 4.79 Å². The summed E-state index contributed by atoms with van der Waals surface area (Å²) in [6, 6.07) is 12.3. The smallest absolute Gasteiger partial charge is 0.352 e. The maximum Gasteiger partial charge on any atom is 0.352 e. The number of rotatable bonds is 3. The molecule has 6 heteroatoms. The summed E-state index contributed by atoms with van der Waals surface area (Å²) >= 11 is 5.84. The highest BCUT2D eigenvalue weighted by molar-refractivity contribution is 6.30. The van der Waals surface area contributed by atoms with E-state index in [0.29, 0.717) is 22.9 Å². The number of hydrogen-bond acceptors (Lipinski definition) is 3. The molecule has 0 aliphatic carbocycles. The summed E-state index contributed by atoms with van der Waals surface area (Å²) in [6.07, 6.45) is 0.489. The second kappa shape index (κ2) is 4.94. The predicted molar refractivity (Wildman–Crippen MR) is 74.2 cm³/mol. The van der Waals surface area contributed by atoms with Crippen molar-refractivity contribution < 1.29 is 9.90 Å². The molecule has 20 heavy (non-hydrogen) atoms. The molecule has 5 nitrogen and oxygen atoms in total. The highest BCUT2D eigenvalue weighted by Gasteiger charge is 2.14. The van der Waals surface area contributed by atoms with Gasteiger partial charge in [-0.3, -0.25) is 4.40 Å². The fourth-order valence-electron chi connectivity index (χ4n) is 2.07. The molecule has 3 aromatic rings. The number of carboxylic acids is 1. The van der Waals surface area contributed by atoms with Crippen LogP contribution < -0.4 is 0 Å². The third-order valence-electron chi connectivity index (χ3n) is 2.99. The lowest BCUT2D eigenvalue weighted by Gasteiger charge is -2.04. The van der Waals surface area contributed by atoms with Crippen LogP contribution in [0.1, 0.15) is 21.9 Å². The number of hydrogen-bond donors (Lipinski definition) is 1. The van der Waals surface area contributed by atoms with Gasteiger partial charge >= 0.3 is 5.97 Å². The molecule has 1 aromatic carbocycles. The van der Waals surface area contributed by atoms with Crippen LogP contribution in [-0.4, -0.2) is 25.7 Å². The first kappa shape index (κ1) is 12.6. The molecular formula is C14H10ClN3O2. The first-order valence-electron chi connectivity index (χ1n) is 5.96. The van der Waals surface area contributed by atoms with Crippen molar-refractivity contribution in [2.24, 2.45) is 0 Å². The second-order valence-electron chi connectivity index (χ2n) is 4.33. The Hall–Kier alpha value is -2.40. The quantitative estimate of drug-likeness (QED) is 0.804. The van der Waals surface area contributed by atoms with Gasteiger partial charge in [0.25, 0.3) is 0 Å². The van der Waals surface area contributed by atoms with Crippen LogP contribution in [0.25, 0.3) is 5.65 Å². The molecule has 0 saturated carbocycles. The van der Waals surface area contributed by atoms with Crippen molar-refractivity contribution in [3.63, 3.8) is 0 Å². The Labute approximate surface area is 119 Å². The summed E-state index contributed by atoms with van der Waals surface area (Å²) in [5, 5.41) is 18.0. The lowest BCUT2D eigenvalue weighted by Crippen LogP contribution is -2.08. The Morgan fingerprint density at radius 2 is 1.90 bits per heavy atom. The van der Waals surface area contributed by atoms with Crippen LogP contribution in [0.2, 0.25) is 5.02 Å². The van der Waals surface area contributed by atoms with Gasteiger partial charge in [0.05, 0.1) is 0 Å². The van der Waals surface area contributed by atoms with E-state index in [2.05, 4.69) is 10.2 Å². The number of fused-ring (bicyclic) bond motifs is 1. The van der Waals surface area contributed by atoms with E-state index >= 15 is 0 Å². The van der Waals surface area contributed by atoms with E-state index in [1.54, 1.807) is 28.7 Å². The molecule has 0 bridgehead atoms. The Kier molecular flexibility index (Phi) is 3.12. The van der Waals surface area contributed by atoms with Gasteiger partial charge in [-0.05, 0) is 29.8 Å². The van der Waals surface area contributed by atoms with Crippen molar-refractivity contribution in [2.45, 2.75) is 6.42 Å². The Bertz CT molecular complexity index is 781. The van der Waals surface area contributed by atoms with Gasteiger partial charge in [0, 0.05) is 11.4 Å². The van der Waals surface area contributed by atoms with Crippen LogP contribution in [0.15, 0.2) is 42.5 Å². The van der Waals surface area contributed by atoms with Gasteiger partial charge in [-0.15, -0.1) is 10.2 Å². The molecule has 0 aliphatic heterocycles. The number of aromatic carboxylic acids is 1. The van der Waals surface area contributed by atoms with E-state index in [4.69, 9.17) is 11.6 Å². The number of halogens is 1. The molecule has 2 heterocycles. The minimum absolute atomic E-state index is 0.150. The summed E-state index contributed by atoms with van der Waals surface area (Å²) in [5.41, 5.74) is 1.66. The van der Waals surface area contributed by atoms with Crippen LogP contribution in [0.4, 0.5) is 0 Å². The Morgan fingerprint density at radius 1 is 1.15 bits per heavy atom. The Morgan fingerprint density at radius 3 is 2.60 bits per heavy atom. The molecule has 1 N–H and O–H groups in total. The summed E-state index contributed by atoms with van der Waals surface area (Å²) in [7, 11) is 0. The zero-order chi connectivity index (χ0) is 14.1. The normalized spacial score (nSPS) is 10.8. The van der Waals surface area contributed by atoms with Crippen LogP contribution in [0, 0.1) is 0 Å². The number of carboxylic acid groups (broad SMARTS) is 1. The van der Waals surface area contributed by atoms with E-state index in [0.717, 1.165) is 5.56 Å². The molecule has 0 fully saturated rings. The van der Waals surface area contributed by atoms with Crippen molar-refractivity contribution in [3.05, 3.63) is 64.6 Å². The first-order chi connectivity index (χ1) is 9.65. The van der Waals surface area contributed by atoms with E-state index in [1.165, 1.54) is 6.07 Å². The second-order valence-corrected chi connectivity index (χ2v) is 4.77. The van der Waals surface area contributed by atoms with Crippen LogP contribution in [0.3, 0.4) is 0 Å². The molecule has 0 saturated heterocycles. The number of benzene rings is 1. The standard InChI is InChI=1S/C14H10ClN3O2/c15-10-6-4-9(5-7-10)8-13-17-16-12-3-1-2-11(14(19)20)18(12)13/h1-7H,8H2,(H,19,20). The van der Waals surface area contributed by atoms with Gasteiger partial charge in [-0.1, -0.05) is 29.8 Å². The van der Waals surface area contributed by atoms with E-state index < -0.39 is 5.97 Å². The summed E-state index contributed by atoms with van der Waals surface area (Å²) in [4.78, 5) is 11.3. The maximum absolute atomic E-state index is 11.3. The molecule has 0 amide bonds. The van der Waals surface area contributed by atoms with Crippen molar-refractivity contribution in [2.75, 3.05) is 0 Å². The molecule has 0 unspecified atom stereocenters. The van der Waals surface area contributed by atoms with Crippen molar-refractivity contribution in [1.29, 1.82) is 0 Å². The van der Waals surface area contributed by atoms with Crippen molar-refractivity contribution in [1.82, 2.24) is 14.6 Å². The molecule has 100 valence electrons. The van der Waals surface area contributed by atoms with Crippen molar-refractivity contribution >= 4 is 23.2 Å². The molecule has 0 spiro atoms. The first-order valence-corrected chi connectivity index (χ1v) is 6.34. The van der Waals surface area contributed by atoms with Gasteiger partial charge in [-0.2, -0.15) is 0 Å². The zero-order valence-electron chi connectivity index (χ0n) is 10.3. The number of nitrogens with zero attached hydrogens (tertiary/aromatic N) is 3. The molecule has 0 atom stereocenters. The molecule has 3 rings (SSSR count). The molecule has 0 aliphatic rings. The summed E-state index contributed by atoms with van der Waals surface area (Å²) < 4.78 is 1.55. The number of aromatic nitrogens is 3. The average molecular weight is 288 g/mol.